The Morgan fingerprint density at radius 1 is 1.19 bits per heavy atom. The molecule has 1 N–H and O–H groups in total. The average molecular weight is 364 g/mol. The van der Waals surface area contributed by atoms with Gasteiger partial charge in [-0.3, -0.25) is 9.59 Å². The quantitative estimate of drug-likeness (QED) is 0.709. The second kappa shape index (κ2) is 6.74. The van der Waals surface area contributed by atoms with E-state index in [2.05, 4.69) is 55.0 Å². The van der Waals surface area contributed by atoms with Gasteiger partial charge in [-0.25, -0.2) is 4.98 Å². The highest BCUT2D eigenvalue weighted by molar-refractivity contribution is 5.94. The van der Waals surface area contributed by atoms with Crippen LogP contribution in [0, 0.1) is 5.41 Å². The minimum absolute atomic E-state index is 0.0194. The van der Waals surface area contributed by atoms with E-state index >= 15 is 0 Å². The lowest BCUT2D eigenvalue weighted by Gasteiger charge is -2.24. The van der Waals surface area contributed by atoms with Crippen LogP contribution < -0.4 is 5.56 Å². The lowest BCUT2D eigenvalue weighted by molar-refractivity contribution is 0.0956. The van der Waals surface area contributed by atoms with Crippen molar-refractivity contribution in [1.29, 1.82) is 0 Å². The molecule has 0 aliphatic heterocycles. The van der Waals surface area contributed by atoms with Crippen LogP contribution in [0.15, 0.2) is 35.1 Å². The molecule has 0 bridgehead atoms. The number of nitrogens with zero attached hydrogens (tertiary/aromatic N) is 1. The maximum absolute atomic E-state index is 13.0. The second-order valence-corrected chi connectivity index (χ2v) is 8.95. The maximum atomic E-state index is 13.0. The van der Waals surface area contributed by atoms with Crippen molar-refractivity contribution in [3.05, 3.63) is 63.3 Å². The molecule has 0 spiro atoms. The molecule has 142 valence electrons. The summed E-state index contributed by atoms with van der Waals surface area (Å²) in [6, 6.07) is 10.1. The molecule has 1 heterocycles. The number of aromatic amines is 1. The summed E-state index contributed by atoms with van der Waals surface area (Å²) in [5.74, 6) is 1.66. The normalized spacial score (nSPS) is 19.1. The van der Waals surface area contributed by atoms with Crippen molar-refractivity contribution in [2.24, 2.45) is 5.41 Å². The van der Waals surface area contributed by atoms with Gasteiger partial charge >= 0.3 is 0 Å². The predicted molar refractivity (Wildman–Crippen MR) is 106 cm³/mol. The zero-order chi connectivity index (χ0) is 19.2. The van der Waals surface area contributed by atoms with Gasteiger partial charge in [-0.2, -0.15) is 0 Å². The van der Waals surface area contributed by atoms with Crippen LogP contribution in [0.3, 0.4) is 0 Å². The van der Waals surface area contributed by atoms with Crippen molar-refractivity contribution in [3.8, 4) is 0 Å². The standard InChI is InChI=1S/C23H28N2O2/c1-14(2)15-4-6-16(7-5-15)18(23(3)10-11-23)12-20(26)19-13-21(27)25-22(24-19)17-8-9-17/h4-7,13-14,17-18H,8-12H2,1-3H3,(H,24,25,27)/t18-/m0/s1. The Bertz CT molecular complexity index is 903. The monoisotopic (exact) mass is 364 g/mol. The van der Waals surface area contributed by atoms with Crippen molar-refractivity contribution in [2.75, 3.05) is 0 Å². The number of carbonyl (C=O) groups is 1. The molecule has 2 aliphatic carbocycles. The van der Waals surface area contributed by atoms with E-state index in [1.54, 1.807) is 0 Å². The number of rotatable bonds is 7. The van der Waals surface area contributed by atoms with Gasteiger partial charge in [0.25, 0.3) is 5.56 Å². The number of benzene rings is 1. The van der Waals surface area contributed by atoms with Crippen molar-refractivity contribution in [2.45, 2.75) is 70.6 Å². The zero-order valence-corrected chi connectivity index (χ0v) is 16.4. The molecule has 1 atom stereocenters. The first kappa shape index (κ1) is 18.1. The molecule has 2 aliphatic rings. The third kappa shape index (κ3) is 3.90. The molecular weight excluding hydrogens is 336 g/mol. The first-order chi connectivity index (χ1) is 12.9. The van der Waals surface area contributed by atoms with Gasteiger partial charge in [0.2, 0.25) is 0 Å². The molecular formula is C23H28N2O2. The van der Waals surface area contributed by atoms with Gasteiger partial charge in [0, 0.05) is 18.4 Å². The van der Waals surface area contributed by atoms with Crippen LogP contribution in [0.4, 0.5) is 0 Å². The molecule has 2 fully saturated rings. The van der Waals surface area contributed by atoms with Gasteiger partial charge in [-0.05, 0) is 54.1 Å². The number of carbonyl (C=O) groups excluding carboxylic acids is 1. The van der Waals surface area contributed by atoms with E-state index < -0.39 is 0 Å². The molecule has 0 radical (unpaired) electrons. The van der Waals surface area contributed by atoms with Crippen LogP contribution in [-0.4, -0.2) is 15.8 Å². The summed E-state index contributed by atoms with van der Waals surface area (Å²) in [6.45, 7) is 6.64. The molecule has 0 unspecified atom stereocenters. The van der Waals surface area contributed by atoms with E-state index in [9.17, 15) is 9.59 Å². The number of H-pyrrole nitrogens is 1. The molecule has 0 amide bonds. The first-order valence-corrected chi connectivity index (χ1v) is 10.1. The van der Waals surface area contributed by atoms with E-state index in [-0.39, 0.29) is 22.7 Å². The van der Waals surface area contributed by atoms with Crippen LogP contribution >= 0.6 is 0 Å². The number of Topliss-reactive ketones (excluding diaryl/α,β-unsaturated/α-hetero) is 1. The first-order valence-electron chi connectivity index (χ1n) is 10.1. The number of nitrogens with one attached hydrogen (secondary N) is 1. The molecule has 2 aromatic rings. The second-order valence-electron chi connectivity index (χ2n) is 8.95. The lowest BCUT2D eigenvalue weighted by Crippen LogP contribution is -2.20. The van der Waals surface area contributed by atoms with Gasteiger partial charge in [0.15, 0.2) is 5.78 Å². The Hall–Kier alpha value is -2.23. The Balaban J connectivity index is 1.59. The highest BCUT2D eigenvalue weighted by atomic mass is 16.1. The van der Waals surface area contributed by atoms with Crippen LogP contribution in [0.25, 0.3) is 0 Å². The Morgan fingerprint density at radius 2 is 1.81 bits per heavy atom. The topological polar surface area (TPSA) is 62.8 Å². The fourth-order valence-corrected chi connectivity index (χ4v) is 3.88. The van der Waals surface area contributed by atoms with Crippen molar-refractivity contribution in [3.63, 3.8) is 0 Å². The van der Waals surface area contributed by atoms with Crippen LogP contribution in [0.1, 0.15) is 98.1 Å². The largest absolute Gasteiger partial charge is 0.310 e. The molecule has 4 rings (SSSR count). The molecule has 4 nitrogen and oxygen atoms in total. The number of hydrogen-bond donors (Lipinski definition) is 1. The van der Waals surface area contributed by atoms with Gasteiger partial charge in [-0.1, -0.05) is 45.0 Å². The minimum Gasteiger partial charge on any atom is -0.310 e. The summed E-state index contributed by atoms with van der Waals surface area (Å²) >= 11 is 0. The number of ketones is 1. The summed E-state index contributed by atoms with van der Waals surface area (Å²) in [6.07, 6.45) is 4.80. The maximum Gasteiger partial charge on any atom is 0.251 e. The fourth-order valence-electron chi connectivity index (χ4n) is 3.88. The third-order valence-electron chi connectivity index (χ3n) is 6.28. The molecule has 27 heavy (non-hydrogen) atoms. The summed E-state index contributed by atoms with van der Waals surface area (Å²) in [4.78, 5) is 32.2. The van der Waals surface area contributed by atoms with E-state index in [4.69, 9.17) is 0 Å². The van der Waals surface area contributed by atoms with E-state index in [1.807, 2.05) is 0 Å². The van der Waals surface area contributed by atoms with Crippen molar-refractivity contribution < 1.29 is 4.79 Å². The van der Waals surface area contributed by atoms with Gasteiger partial charge in [0.1, 0.15) is 11.5 Å². The fraction of sp³-hybridized carbons (Fsp3) is 0.522. The minimum atomic E-state index is -0.217. The van der Waals surface area contributed by atoms with E-state index in [1.165, 1.54) is 17.2 Å². The molecule has 1 aromatic heterocycles. The van der Waals surface area contributed by atoms with Crippen LogP contribution in [0.5, 0.6) is 0 Å². The van der Waals surface area contributed by atoms with Crippen molar-refractivity contribution >= 4 is 5.78 Å². The third-order valence-corrected chi connectivity index (χ3v) is 6.28. The smallest absolute Gasteiger partial charge is 0.251 e. The van der Waals surface area contributed by atoms with E-state index in [0.717, 1.165) is 25.7 Å². The number of hydrogen-bond acceptors (Lipinski definition) is 3. The molecule has 0 saturated heterocycles. The Kier molecular flexibility index (Phi) is 4.53. The van der Waals surface area contributed by atoms with Gasteiger partial charge < -0.3 is 4.98 Å². The molecule has 4 heteroatoms. The highest BCUT2D eigenvalue weighted by Crippen LogP contribution is 2.57. The average Bonchev–Trinajstić information content (AvgIpc) is 3.55. The molecule has 2 saturated carbocycles. The van der Waals surface area contributed by atoms with Crippen LogP contribution in [-0.2, 0) is 0 Å². The Morgan fingerprint density at radius 3 is 2.37 bits per heavy atom. The number of aromatic nitrogens is 2. The summed E-state index contributed by atoms with van der Waals surface area (Å²) in [5.41, 5.74) is 2.82. The SMILES string of the molecule is CC(C)c1ccc([C@H](CC(=O)c2cc(=O)[nH]c(C3CC3)n2)C2(C)CC2)cc1. The Labute approximate surface area is 160 Å². The lowest BCUT2D eigenvalue weighted by atomic mass is 9.80. The molecule has 1 aromatic carbocycles. The van der Waals surface area contributed by atoms with Crippen LogP contribution in [0.2, 0.25) is 0 Å². The predicted octanol–water partition coefficient (Wildman–Crippen LogP) is 4.93. The summed E-state index contributed by atoms with van der Waals surface area (Å²) in [5, 5.41) is 0. The summed E-state index contributed by atoms with van der Waals surface area (Å²) in [7, 11) is 0. The highest BCUT2D eigenvalue weighted by Gasteiger charge is 2.46. The van der Waals surface area contributed by atoms with Crippen molar-refractivity contribution in [1.82, 2.24) is 9.97 Å². The summed E-state index contributed by atoms with van der Waals surface area (Å²) < 4.78 is 0. The zero-order valence-electron chi connectivity index (χ0n) is 16.4. The van der Waals surface area contributed by atoms with E-state index in [0.29, 0.717) is 29.8 Å². The van der Waals surface area contributed by atoms with Gasteiger partial charge in [0.05, 0.1) is 0 Å². The van der Waals surface area contributed by atoms with Gasteiger partial charge in [-0.15, -0.1) is 0 Å².